The predicted octanol–water partition coefficient (Wildman–Crippen LogP) is 2.18. The van der Waals surface area contributed by atoms with E-state index in [1.165, 1.54) is 12.0 Å². The summed E-state index contributed by atoms with van der Waals surface area (Å²) in [5.74, 6) is 2.44. The van der Waals surface area contributed by atoms with Crippen molar-refractivity contribution in [1.29, 1.82) is 0 Å². The van der Waals surface area contributed by atoms with E-state index in [2.05, 4.69) is 35.7 Å². The SMILES string of the molecule is C1=C\C=C2/C(=C\C=C/1)OCCC1CNCC21. The van der Waals surface area contributed by atoms with Gasteiger partial charge in [0.1, 0.15) is 5.76 Å². The van der Waals surface area contributed by atoms with Gasteiger partial charge in [-0.3, -0.25) is 0 Å². The zero-order chi connectivity index (χ0) is 10.8. The Morgan fingerprint density at radius 2 is 1.94 bits per heavy atom. The molecular weight excluding hydrogens is 198 g/mol. The molecule has 84 valence electrons. The maximum atomic E-state index is 5.86. The van der Waals surface area contributed by atoms with Gasteiger partial charge in [-0.2, -0.15) is 0 Å². The second-order valence-electron chi connectivity index (χ2n) is 4.58. The molecule has 3 rings (SSSR count). The van der Waals surface area contributed by atoms with Crippen molar-refractivity contribution in [3.05, 3.63) is 47.8 Å². The minimum absolute atomic E-state index is 0.630. The van der Waals surface area contributed by atoms with E-state index < -0.39 is 0 Å². The molecule has 0 aromatic carbocycles. The summed E-state index contributed by atoms with van der Waals surface area (Å²) in [6, 6.07) is 0. The Hall–Kier alpha value is -1.28. The van der Waals surface area contributed by atoms with Crippen molar-refractivity contribution in [2.75, 3.05) is 19.7 Å². The van der Waals surface area contributed by atoms with Crippen LogP contribution in [0.2, 0.25) is 0 Å². The van der Waals surface area contributed by atoms with E-state index in [9.17, 15) is 0 Å². The van der Waals surface area contributed by atoms with Gasteiger partial charge in [-0.25, -0.2) is 0 Å². The van der Waals surface area contributed by atoms with E-state index >= 15 is 0 Å². The standard InChI is InChI=1S/C14H17NO/c1-2-4-6-14-12(5-3-1)13-10-15-9-11(13)7-8-16-14/h1-6,11,13,15H,7-10H2/b2-1?,3-1-,4-2-,5-3?,6-4?,12-5-,14-6+. The fourth-order valence-electron chi connectivity index (χ4n) is 2.77. The third-order valence-corrected chi connectivity index (χ3v) is 3.63. The molecule has 0 radical (unpaired) electrons. The molecule has 2 atom stereocenters. The van der Waals surface area contributed by atoms with E-state index in [0.29, 0.717) is 5.92 Å². The Morgan fingerprint density at radius 3 is 2.88 bits per heavy atom. The Kier molecular flexibility index (Phi) is 2.66. The van der Waals surface area contributed by atoms with Crippen molar-refractivity contribution in [3.8, 4) is 0 Å². The summed E-state index contributed by atoms with van der Waals surface area (Å²) >= 11 is 0. The van der Waals surface area contributed by atoms with Crippen LogP contribution in [-0.4, -0.2) is 19.7 Å². The van der Waals surface area contributed by atoms with Crippen molar-refractivity contribution in [1.82, 2.24) is 5.32 Å². The third kappa shape index (κ3) is 1.74. The lowest BCUT2D eigenvalue weighted by Gasteiger charge is -2.17. The van der Waals surface area contributed by atoms with Crippen LogP contribution in [0.25, 0.3) is 0 Å². The number of rotatable bonds is 0. The molecule has 0 bridgehead atoms. The highest BCUT2D eigenvalue weighted by molar-refractivity contribution is 5.38. The molecule has 1 N–H and O–H groups in total. The zero-order valence-corrected chi connectivity index (χ0v) is 9.36. The predicted molar refractivity (Wildman–Crippen MR) is 64.9 cm³/mol. The smallest absolute Gasteiger partial charge is 0.122 e. The molecule has 0 saturated carbocycles. The summed E-state index contributed by atoms with van der Waals surface area (Å²) in [6.45, 7) is 3.08. The molecule has 2 saturated heterocycles. The van der Waals surface area contributed by atoms with Crippen LogP contribution in [0.4, 0.5) is 0 Å². The highest BCUT2D eigenvalue weighted by Crippen LogP contribution is 2.35. The van der Waals surface area contributed by atoms with Crippen molar-refractivity contribution < 1.29 is 4.74 Å². The number of fused-ring (bicyclic) bond motifs is 3. The van der Waals surface area contributed by atoms with E-state index in [1.807, 2.05) is 6.08 Å². The maximum absolute atomic E-state index is 5.86. The van der Waals surface area contributed by atoms with Gasteiger partial charge < -0.3 is 10.1 Å². The van der Waals surface area contributed by atoms with E-state index in [0.717, 1.165) is 31.4 Å². The molecule has 16 heavy (non-hydrogen) atoms. The van der Waals surface area contributed by atoms with Gasteiger partial charge in [-0.15, -0.1) is 0 Å². The van der Waals surface area contributed by atoms with Gasteiger partial charge in [-0.05, 0) is 30.5 Å². The minimum atomic E-state index is 0.630. The first kappa shape index (κ1) is 9.91. The number of nitrogens with one attached hydrogen (secondary N) is 1. The number of hydrogen-bond acceptors (Lipinski definition) is 2. The van der Waals surface area contributed by atoms with Gasteiger partial charge in [0.25, 0.3) is 0 Å². The molecule has 1 aliphatic carbocycles. The lowest BCUT2D eigenvalue weighted by molar-refractivity contribution is 0.215. The van der Waals surface area contributed by atoms with Gasteiger partial charge >= 0.3 is 0 Å². The van der Waals surface area contributed by atoms with Crippen LogP contribution in [-0.2, 0) is 4.74 Å². The molecule has 2 heteroatoms. The van der Waals surface area contributed by atoms with Crippen LogP contribution in [0.1, 0.15) is 6.42 Å². The van der Waals surface area contributed by atoms with E-state index in [-0.39, 0.29) is 0 Å². The van der Waals surface area contributed by atoms with Crippen LogP contribution in [0, 0.1) is 11.8 Å². The zero-order valence-electron chi connectivity index (χ0n) is 9.36. The Balaban J connectivity index is 1.99. The summed E-state index contributed by atoms with van der Waals surface area (Å²) in [5, 5.41) is 3.50. The van der Waals surface area contributed by atoms with Gasteiger partial charge in [0, 0.05) is 12.5 Å². The quantitative estimate of drug-likeness (QED) is 0.668. The average Bonchev–Trinajstić information content (AvgIpc) is 2.64. The Bertz CT molecular complexity index is 390. The molecule has 2 nitrogen and oxygen atoms in total. The molecule has 0 spiro atoms. The Morgan fingerprint density at radius 1 is 1.06 bits per heavy atom. The van der Waals surface area contributed by atoms with Crippen molar-refractivity contribution >= 4 is 0 Å². The first-order valence-electron chi connectivity index (χ1n) is 6.04. The fourth-order valence-corrected chi connectivity index (χ4v) is 2.77. The maximum Gasteiger partial charge on any atom is 0.122 e. The molecule has 2 fully saturated rings. The van der Waals surface area contributed by atoms with Crippen LogP contribution in [0.15, 0.2) is 47.8 Å². The lowest BCUT2D eigenvalue weighted by Crippen LogP contribution is -2.14. The highest BCUT2D eigenvalue weighted by atomic mass is 16.5. The number of hydrogen-bond donors (Lipinski definition) is 1. The van der Waals surface area contributed by atoms with E-state index in [1.54, 1.807) is 0 Å². The molecule has 0 amide bonds. The van der Waals surface area contributed by atoms with Crippen molar-refractivity contribution in [2.24, 2.45) is 11.8 Å². The van der Waals surface area contributed by atoms with Crippen molar-refractivity contribution in [2.45, 2.75) is 6.42 Å². The number of allylic oxidation sites excluding steroid dienone is 7. The monoisotopic (exact) mass is 215 g/mol. The average molecular weight is 215 g/mol. The largest absolute Gasteiger partial charge is 0.493 e. The van der Waals surface area contributed by atoms with Crippen LogP contribution < -0.4 is 5.32 Å². The normalized spacial score (nSPS) is 43.0. The Labute approximate surface area is 96.4 Å². The van der Waals surface area contributed by atoms with Gasteiger partial charge in [0.15, 0.2) is 0 Å². The van der Waals surface area contributed by atoms with E-state index in [4.69, 9.17) is 4.74 Å². The third-order valence-electron chi connectivity index (χ3n) is 3.63. The summed E-state index contributed by atoms with van der Waals surface area (Å²) in [4.78, 5) is 0. The molecule has 3 aliphatic rings. The first-order chi connectivity index (χ1) is 7.95. The number of ether oxygens (including phenoxy) is 1. The second-order valence-corrected chi connectivity index (χ2v) is 4.58. The molecule has 0 aromatic rings. The molecule has 2 aliphatic heterocycles. The first-order valence-corrected chi connectivity index (χ1v) is 6.04. The van der Waals surface area contributed by atoms with Crippen LogP contribution in [0.5, 0.6) is 0 Å². The summed E-state index contributed by atoms with van der Waals surface area (Å²) in [6.07, 6.45) is 13.8. The van der Waals surface area contributed by atoms with Gasteiger partial charge in [0.05, 0.1) is 6.61 Å². The summed E-state index contributed by atoms with van der Waals surface area (Å²) in [7, 11) is 0. The molecular formula is C14H17NO. The van der Waals surface area contributed by atoms with Crippen LogP contribution in [0.3, 0.4) is 0 Å². The molecule has 2 heterocycles. The summed E-state index contributed by atoms with van der Waals surface area (Å²) in [5.41, 5.74) is 1.37. The fraction of sp³-hybridized carbons (Fsp3) is 0.429. The molecule has 0 aromatic heterocycles. The van der Waals surface area contributed by atoms with Gasteiger partial charge in [-0.1, -0.05) is 30.4 Å². The topological polar surface area (TPSA) is 21.3 Å². The second kappa shape index (κ2) is 4.30. The highest BCUT2D eigenvalue weighted by Gasteiger charge is 2.33. The summed E-state index contributed by atoms with van der Waals surface area (Å²) < 4.78 is 5.86. The van der Waals surface area contributed by atoms with Crippen LogP contribution >= 0.6 is 0 Å². The lowest BCUT2D eigenvalue weighted by atomic mass is 9.86. The van der Waals surface area contributed by atoms with Gasteiger partial charge in [0.2, 0.25) is 0 Å². The molecule has 2 unspecified atom stereocenters. The minimum Gasteiger partial charge on any atom is -0.493 e. The van der Waals surface area contributed by atoms with Crippen molar-refractivity contribution in [3.63, 3.8) is 0 Å².